The fourth-order valence-corrected chi connectivity index (χ4v) is 1.13. The lowest BCUT2D eigenvalue weighted by molar-refractivity contribution is -0.174. The fourth-order valence-electron chi connectivity index (χ4n) is 1.13. The summed E-state index contributed by atoms with van der Waals surface area (Å²) >= 11 is 0. The van der Waals surface area contributed by atoms with Gasteiger partial charge in [0.2, 0.25) is 5.91 Å². The first-order valence-electron chi connectivity index (χ1n) is 4.96. The van der Waals surface area contributed by atoms with E-state index in [0.717, 1.165) is 12.1 Å². The second-order valence-corrected chi connectivity index (χ2v) is 3.46. The maximum Gasteiger partial charge on any atom is 0.411 e. The predicted octanol–water partition coefficient (Wildman–Crippen LogP) is 2.21. The lowest BCUT2D eigenvalue weighted by Gasteiger charge is -2.09. The molecule has 1 rings (SSSR count). The minimum atomic E-state index is -4.53. The van der Waals surface area contributed by atoms with E-state index in [2.05, 4.69) is 4.74 Å². The molecule has 0 heterocycles. The summed E-state index contributed by atoms with van der Waals surface area (Å²) in [5.41, 5.74) is -0.177. The Morgan fingerprint density at radius 2 is 2.11 bits per heavy atom. The molecule has 0 fully saturated rings. The van der Waals surface area contributed by atoms with Gasteiger partial charge in [0.05, 0.1) is 17.3 Å². The first-order chi connectivity index (χ1) is 8.81. The number of anilines is 1. The zero-order valence-corrected chi connectivity index (χ0v) is 9.42. The molecule has 4 nitrogen and oxygen atoms in total. The van der Waals surface area contributed by atoms with Gasteiger partial charge in [-0.3, -0.25) is 4.79 Å². The van der Waals surface area contributed by atoms with Crippen LogP contribution in [0.2, 0.25) is 0 Å². The van der Waals surface area contributed by atoms with Gasteiger partial charge in [-0.15, -0.1) is 0 Å². The molecule has 0 aliphatic rings. The Morgan fingerprint density at radius 1 is 1.42 bits per heavy atom. The first-order valence-corrected chi connectivity index (χ1v) is 4.96. The average molecular weight is 276 g/mol. The van der Waals surface area contributed by atoms with E-state index in [9.17, 15) is 22.4 Å². The molecule has 102 valence electrons. The van der Waals surface area contributed by atoms with E-state index in [1.807, 2.05) is 5.32 Å². The van der Waals surface area contributed by atoms with E-state index >= 15 is 0 Å². The van der Waals surface area contributed by atoms with Crippen molar-refractivity contribution in [2.24, 2.45) is 0 Å². The molecule has 0 atom stereocenters. The van der Waals surface area contributed by atoms with Gasteiger partial charge in [-0.25, -0.2) is 4.39 Å². The summed E-state index contributed by atoms with van der Waals surface area (Å²) in [5, 5.41) is 10.5. The van der Waals surface area contributed by atoms with Crippen molar-refractivity contribution in [2.75, 3.05) is 18.5 Å². The summed E-state index contributed by atoms with van der Waals surface area (Å²) < 4.78 is 52.6. The molecule has 19 heavy (non-hydrogen) atoms. The Morgan fingerprint density at radius 3 is 2.63 bits per heavy atom. The van der Waals surface area contributed by atoms with Crippen LogP contribution in [0.1, 0.15) is 5.56 Å². The third kappa shape index (κ3) is 5.35. The number of ether oxygens (including phenoxy) is 1. The number of rotatable bonds is 4. The van der Waals surface area contributed by atoms with E-state index in [4.69, 9.17) is 5.26 Å². The third-order valence-corrected chi connectivity index (χ3v) is 1.87. The molecule has 0 aliphatic heterocycles. The van der Waals surface area contributed by atoms with Crippen LogP contribution in [0.3, 0.4) is 0 Å². The summed E-state index contributed by atoms with van der Waals surface area (Å²) in [5.74, 6) is -1.78. The molecule has 1 N–H and O–H groups in total. The molecule has 8 heteroatoms. The van der Waals surface area contributed by atoms with Gasteiger partial charge in [0, 0.05) is 0 Å². The van der Waals surface area contributed by atoms with Gasteiger partial charge < -0.3 is 10.1 Å². The van der Waals surface area contributed by atoms with Gasteiger partial charge in [-0.05, 0) is 18.2 Å². The smallest absolute Gasteiger partial charge is 0.362 e. The second-order valence-electron chi connectivity index (χ2n) is 3.46. The third-order valence-electron chi connectivity index (χ3n) is 1.87. The van der Waals surface area contributed by atoms with Crippen molar-refractivity contribution in [3.8, 4) is 6.07 Å². The molecule has 1 amide bonds. The Balaban J connectivity index is 2.51. The molecule has 1 aromatic rings. The van der Waals surface area contributed by atoms with Crippen molar-refractivity contribution in [2.45, 2.75) is 6.18 Å². The van der Waals surface area contributed by atoms with Crippen LogP contribution < -0.4 is 5.32 Å². The molecule has 0 radical (unpaired) electrons. The van der Waals surface area contributed by atoms with Crippen LogP contribution in [-0.4, -0.2) is 25.3 Å². The fraction of sp³-hybridized carbons (Fsp3) is 0.273. The standard InChI is InChI=1S/C11H8F4N2O2/c12-8-3-7(4-16)1-2-9(8)17-10(18)5-19-6-11(13,14)15/h1-3H,5-6H2,(H,17,18). The van der Waals surface area contributed by atoms with Gasteiger partial charge in [-0.2, -0.15) is 18.4 Å². The number of nitrogens with one attached hydrogen (secondary N) is 1. The molecule has 0 bridgehead atoms. The van der Waals surface area contributed by atoms with E-state index in [0.29, 0.717) is 0 Å². The van der Waals surface area contributed by atoms with Gasteiger partial charge in [0.15, 0.2) is 0 Å². The van der Waals surface area contributed by atoms with E-state index in [1.54, 1.807) is 6.07 Å². The monoisotopic (exact) mass is 276 g/mol. The van der Waals surface area contributed by atoms with E-state index in [-0.39, 0.29) is 11.3 Å². The number of hydrogen-bond acceptors (Lipinski definition) is 3. The molecule has 0 saturated carbocycles. The van der Waals surface area contributed by atoms with Crippen LogP contribution in [0, 0.1) is 17.1 Å². The highest BCUT2D eigenvalue weighted by molar-refractivity contribution is 5.91. The number of amides is 1. The van der Waals surface area contributed by atoms with Crippen LogP contribution in [0.5, 0.6) is 0 Å². The Bertz CT molecular complexity index is 508. The number of alkyl halides is 3. The normalized spacial score (nSPS) is 10.9. The van der Waals surface area contributed by atoms with Crippen molar-refractivity contribution in [3.05, 3.63) is 29.6 Å². The van der Waals surface area contributed by atoms with Crippen LogP contribution in [0.4, 0.5) is 23.2 Å². The molecule has 0 aliphatic carbocycles. The SMILES string of the molecule is N#Cc1ccc(NC(=O)COCC(F)(F)F)c(F)c1. The minimum Gasteiger partial charge on any atom is -0.362 e. The van der Waals surface area contributed by atoms with Crippen molar-refractivity contribution < 1.29 is 27.1 Å². The van der Waals surface area contributed by atoms with Crippen LogP contribution in [0.25, 0.3) is 0 Å². The number of carbonyl (C=O) groups excluding carboxylic acids is 1. The maximum absolute atomic E-state index is 13.3. The minimum absolute atomic E-state index is 0.0591. The van der Waals surface area contributed by atoms with Crippen molar-refractivity contribution in [1.29, 1.82) is 5.26 Å². The molecule has 0 saturated heterocycles. The number of benzene rings is 1. The van der Waals surface area contributed by atoms with Crippen LogP contribution in [-0.2, 0) is 9.53 Å². The van der Waals surface area contributed by atoms with E-state index in [1.165, 1.54) is 6.07 Å². The average Bonchev–Trinajstić information content (AvgIpc) is 2.30. The summed E-state index contributed by atoms with van der Waals surface area (Å²) in [6, 6.07) is 4.99. The highest BCUT2D eigenvalue weighted by atomic mass is 19.4. The van der Waals surface area contributed by atoms with Crippen LogP contribution in [0.15, 0.2) is 18.2 Å². The molecule has 1 aromatic carbocycles. The van der Waals surface area contributed by atoms with Crippen molar-refractivity contribution in [3.63, 3.8) is 0 Å². The predicted molar refractivity (Wildman–Crippen MR) is 56.6 cm³/mol. The van der Waals surface area contributed by atoms with Gasteiger partial charge >= 0.3 is 6.18 Å². The zero-order valence-electron chi connectivity index (χ0n) is 9.42. The van der Waals surface area contributed by atoms with Crippen molar-refractivity contribution in [1.82, 2.24) is 0 Å². The summed E-state index contributed by atoms with van der Waals surface area (Å²) in [6.07, 6.45) is -4.53. The number of carbonyl (C=O) groups is 1. The molecule has 0 aromatic heterocycles. The zero-order chi connectivity index (χ0) is 14.5. The number of halogens is 4. The summed E-state index contributed by atoms with van der Waals surface area (Å²) in [7, 11) is 0. The van der Waals surface area contributed by atoms with Gasteiger partial charge in [0.1, 0.15) is 19.0 Å². The number of hydrogen-bond donors (Lipinski definition) is 1. The van der Waals surface area contributed by atoms with E-state index < -0.39 is 31.1 Å². The molecule has 0 spiro atoms. The largest absolute Gasteiger partial charge is 0.411 e. The molecular formula is C11H8F4N2O2. The lowest BCUT2D eigenvalue weighted by Crippen LogP contribution is -2.24. The quantitative estimate of drug-likeness (QED) is 0.858. The van der Waals surface area contributed by atoms with Gasteiger partial charge in [-0.1, -0.05) is 0 Å². The lowest BCUT2D eigenvalue weighted by atomic mass is 10.2. The molecular weight excluding hydrogens is 268 g/mol. The topological polar surface area (TPSA) is 62.1 Å². The maximum atomic E-state index is 13.3. The molecule has 0 unspecified atom stereocenters. The Kier molecular flexibility index (Phi) is 4.83. The highest BCUT2D eigenvalue weighted by Crippen LogP contribution is 2.16. The summed E-state index contributed by atoms with van der Waals surface area (Å²) in [4.78, 5) is 11.2. The number of nitrogens with zero attached hydrogens (tertiary/aromatic N) is 1. The highest BCUT2D eigenvalue weighted by Gasteiger charge is 2.27. The second kappa shape index (κ2) is 6.15. The first kappa shape index (κ1) is 14.9. The van der Waals surface area contributed by atoms with Gasteiger partial charge in [0.25, 0.3) is 0 Å². The van der Waals surface area contributed by atoms with Crippen molar-refractivity contribution >= 4 is 11.6 Å². The number of nitriles is 1. The Labute approximate surface area is 105 Å². The summed E-state index contributed by atoms with van der Waals surface area (Å²) in [6.45, 7) is -2.41. The Hall–Kier alpha value is -2.14. The van der Waals surface area contributed by atoms with Crippen LogP contribution >= 0.6 is 0 Å².